The average Bonchev–Trinajstić information content (AvgIpc) is 2.77. The molecule has 0 unspecified atom stereocenters. The Morgan fingerprint density at radius 3 is 2.52 bits per heavy atom. The number of aliphatic hydroxyl groups excluding tert-OH is 1. The SMILES string of the molecule is CN(C)c1cc(COc2ccccc2CC(=O)O)cc(-c2cccc([C@H](N)CO)c2)c1. The summed E-state index contributed by atoms with van der Waals surface area (Å²) in [5, 5.41) is 18.5. The van der Waals surface area contributed by atoms with Gasteiger partial charge in [0.15, 0.2) is 0 Å². The van der Waals surface area contributed by atoms with Gasteiger partial charge < -0.3 is 25.6 Å². The van der Waals surface area contributed by atoms with Crippen molar-refractivity contribution in [2.24, 2.45) is 5.73 Å². The number of aliphatic hydroxyl groups is 1. The summed E-state index contributed by atoms with van der Waals surface area (Å²) < 4.78 is 5.99. The molecule has 0 fully saturated rings. The Balaban J connectivity index is 1.91. The van der Waals surface area contributed by atoms with Gasteiger partial charge >= 0.3 is 5.97 Å². The molecule has 6 nitrogen and oxygen atoms in total. The summed E-state index contributed by atoms with van der Waals surface area (Å²) in [7, 11) is 3.95. The van der Waals surface area contributed by atoms with Crippen LogP contribution in [0.2, 0.25) is 0 Å². The third kappa shape index (κ3) is 5.84. The van der Waals surface area contributed by atoms with E-state index in [0.717, 1.165) is 27.9 Å². The Labute approximate surface area is 182 Å². The molecule has 162 valence electrons. The highest BCUT2D eigenvalue weighted by Crippen LogP contribution is 2.29. The van der Waals surface area contributed by atoms with Crippen molar-refractivity contribution in [3.05, 3.63) is 83.4 Å². The van der Waals surface area contributed by atoms with Crippen LogP contribution in [0.15, 0.2) is 66.7 Å². The molecule has 3 aromatic carbocycles. The van der Waals surface area contributed by atoms with Gasteiger partial charge in [-0.2, -0.15) is 0 Å². The average molecular weight is 421 g/mol. The fourth-order valence-electron chi connectivity index (χ4n) is 3.35. The van der Waals surface area contributed by atoms with Gasteiger partial charge in [0.25, 0.3) is 0 Å². The molecule has 0 aromatic heterocycles. The lowest BCUT2D eigenvalue weighted by atomic mass is 9.98. The van der Waals surface area contributed by atoms with Crippen molar-refractivity contribution in [3.8, 4) is 16.9 Å². The third-order valence-corrected chi connectivity index (χ3v) is 5.05. The van der Waals surface area contributed by atoms with Gasteiger partial charge in [-0.1, -0.05) is 36.4 Å². The number of ether oxygens (including phenoxy) is 1. The molecule has 0 amide bonds. The van der Waals surface area contributed by atoms with Crippen LogP contribution in [-0.4, -0.2) is 36.9 Å². The molecule has 0 saturated heterocycles. The maximum absolute atomic E-state index is 11.1. The number of rotatable bonds is 9. The highest BCUT2D eigenvalue weighted by Gasteiger charge is 2.11. The van der Waals surface area contributed by atoms with Crippen LogP contribution < -0.4 is 15.4 Å². The predicted octanol–water partition coefficient (Wildman–Crippen LogP) is 3.62. The molecule has 0 radical (unpaired) electrons. The lowest BCUT2D eigenvalue weighted by molar-refractivity contribution is -0.136. The van der Waals surface area contributed by atoms with Crippen molar-refractivity contribution in [1.29, 1.82) is 0 Å². The highest BCUT2D eigenvalue weighted by atomic mass is 16.5. The van der Waals surface area contributed by atoms with Crippen LogP contribution in [0.4, 0.5) is 5.69 Å². The molecule has 1 atom stereocenters. The molecule has 0 aliphatic rings. The molecule has 3 rings (SSSR count). The molecule has 0 spiro atoms. The summed E-state index contributed by atoms with van der Waals surface area (Å²) in [6, 6.07) is 20.8. The van der Waals surface area contributed by atoms with Crippen molar-refractivity contribution in [2.45, 2.75) is 19.1 Å². The zero-order valence-electron chi connectivity index (χ0n) is 17.8. The number of nitrogens with zero attached hydrogens (tertiary/aromatic N) is 1. The minimum Gasteiger partial charge on any atom is -0.489 e. The molecule has 31 heavy (non-hydrogen) atoms. The first-order valence-corrected chi connectivity index (χ1v) is 10.1. The molecular weight excluding hydrogens is 392 g/mol. The van der Waals surface area contributed by atoms with E-state index in [1.807, 2.05) is 55.4 Å². The zero-order valence-corrected chi connectivity index (χ0v) is 17.8. The number of aliphatic carboxylic acids is 1. The van der Waals surface area contributed by atoms with E-state index >= 15 is 0 Å². The quantitative estimate of drug-likeness (QED) is 0.489. The number of carboxylic acids is 1. The summed E-state index contributed by atoms with van der Waals surface area (Å²) in [6.07, 6.45) is -0.0862. The molecule has 0 aliphatic heterocycles. The largest absolute Gasteiger partial charge is 0.489 e. The number of hydrogen-bond donors (Lipinski definition) is 3. The number of hydrogen-bond acceptors (Lipinski definition) is 5. The van der Waals surface area contributed by atoms with Crippen molar-refractivity contribution in [3.63, 3.8) is 0 Å². The third-order valence-electron chi connectivity index (χ3n) is 5.05. The second-order valence-electron chi connectivity index (χ2n) is 7.66. The minimum atomic E-state index is -0.895. The van der Waals surface area contributed by atoms with E-state index in [-0.39, 0.29) is 13.0 Å². The van der Waals surface area contributed by atoms with Gasteiger partial charge in [0.2, 0.25) is 0 Å². The standard InChI is InChI=1S/C25H28N2O4/c1-27(2)22-11-17(16-31-24-9-4-3-6-20(24)14-25(29)30)10-21(13-22)18-7-5-8-19(12-18)23(26)15-28/h3-13,23,28H,14-16,26H2,1-2H3,(H,29,30)/t23-/m1/s1. The Kier molecular flexibility index (Phi) is 7.28. The Bertz CT molecular complexity index is 1050. The van der Waals surface area contributed by atoms with Crippen LogP contribution in [0.25, 0.3) is 11.1 Å². The van der Waals surface area contributed by atoms with Crippen molar-refractivity contribution in [2.75, 3.05) is 25.6 Å². The number of carboxylic acid groups (broad SMARTS) is 1. The van der Waals surface area contributed by atoms with Gasteiger partial charge in [-0.15, -0.1) is 0 Å². The topological polar surface area (TPSA) is 96.0 Å². The normalized spacial score (nSPS) is 11.7. The monoisotopic (exact) mass is 420 g/mol. The molecule has 4 N–H and O–H groups in total. The molecular formula is C25H28N2O4. The second-order valence-corrected chi connectivity index (χ2v) is 7.66. The Morgan fingerprint density at radius 1 is 1.03 bits per heavy atom. The zero-order chi connectivity index (χ0) is 22.4. The van der Waals surface area contributed by atoms with E-state index in [4.69, 9.17) is 15.6 Å². The lowest BCUT2D eigenvalue weighted by Gasteiger charge is -2.18. The number of benzene rings is 3. The lowest BCUT2D eigenvalue weighted by Crippen LogP contribution is -2.14. The van der Waals surface area contributed by atoms with Gasteiger partial charge in [0, 0.05) is 25.3 Å². The maximum Gasteiger partial charge on any atom is 0.307 e. The Morgan fingerprint density at radius 2 is 1.81 bits per heavy atom. The first-order chi connectivity index (χ1) is 14.9. The summed E-state index contributed by atoms with van der Waals surface area (Å²) in [4.78, 5) is 13.2. The van der Waals surface area contributed by atoms with Gasteiger partial charge in [-0.25, -0.2) is 0 Å². The van der Waals surface area contributed by atoms with E-state index in [1.165, 1.54) is 0 Å². The second kappa shape index (κ2) is 10.1. The van der Waals surface area contributed by atoms with Gasteiger partial charge in [0.1, 0.15) is 12.4 Å². The number of nitrogens with two attached hydrogens (primary N) is 1. The maximum atomic E-state index is 11.1. The van der Waals surface area contributed by atoms with Crippen LogP contribution in [-0.2, 0) is 17.8 Å². The van der Waals surface area contributed by atoms with E-state index in [9.17, 15) is 9.90 Å². The summed E-state index contributed by atoms with van der Waals surface area (Å²) in [5.41, 5.74) is 11.5. The van der Waals surface area contributed by atoms with Crippen molar-refractivity contribution >= 4 is 11.7 Å². The van der Waals surface area contributed by atoms with Crippen LogP contribution >= 0.6 is 0 Å². The molecule has 0 aliphatic carbocycles. The molecule has 0 saturated carbocycles. The van der Waals surface area contributed by atoms with Crippen LogP contribution in [0.5, 0.6) is 5.75 Å². The molecule has 0 heterocycles. The van der Waals surface area contributed by atoms with E-state index in [2.05, 4.69) is 12.1 Å². The van der Waals surface area contributed by atoms with E-state index < -0.39 is 12.0 Å². The first kappa shape index (κ1) is 22.3. The number of anilines is 1. The van der Waals surface area contributed by atoms with Crippen LogP contribution in [0.3, 0.4) is 0 Å². The predicted molar refractivity (Wildman–Crippen MR) is 122 cm³/mol. The highest BCUT2D eigenvalue weighted by molar-refractivity contribution is 5.72. The summed E-state index contributed by atoms with van der Waals surface area (Å²) >= 11 is 0. The number of carbonyl (C=O) groups is 1. The van der Waals surface area contributed by atoms with Gasteiger partial charge in [-0.3, -0.25) is 4.79 Å². The van der Waals surface area contributed by atoms with E-state index in [1.54, 1.807) is 18.2 Å². The molecule has 6 heteroatoms. The van der Waals surface area contributed by atoms with E-state index in [0.29, 0.717) is 17.9 Å². The van der Waals surface area contributed by atoms with Crippen LogP contribution in [0.1, 0.15) is 22.7 Å². The van der Waals surface area contributed by atoms with Crippen LogP contribution in [0, 0.1) is 0 Å². The van der Waals surface area contributed by atoms with Gasteiger partial charge in [0.05, 0.1) is 19.1 Å². The fourth-order valence-corrected chi connectivity index (χ4v) is 3.35. The first-order valence-electron chi connectivity index (χ1n) is 10.1. The smallest absolute Gasteiger partial charge is 0.307 e. The van der Waals surface area contributed by atoms with Crippen molar-refractivity contribution < 1.29 is 19.7 Å². The minimum absolute atomic E-state index is 0.0862. The fraction of sp³-hybridized carbons (Fsp3) is 0.240. The van der Waals surface area contributed by atoms with Gasteiger partial charge in [-0.05, 0) is 52.6 Å². The van der Waals surface area contributed by atoms with Crippen molar-refractivity contribution in [1.82, 2.24) is 0 Å². The summed E-state index contributed by atoms with van der Waals surface area (Å²) in [5.74, 6) is -0.327. The summed E-state index contributed by atoms with van der Waals surface area (Å²) in [6.45, 7) is 0.192. The number of para-hydroxylation sites is 1. The molecule has 3 aromatic rings. The Hall–Kier alpha value is -3.35. The molecule has 0 bridgehead atoms.